The number of rotatable bonds is 7. The van der Waals surface area contributed by atoms with Crippen LogP contribution in [0.2, 0.25) is 0 Å². The lowest BCUT2D eigenvalue weighted by Crippen LogP contribution is -2.33. The van der Waals surface area contributed by atoms with E-state index in [1.54, 1.807) is 19.1 Å². The van der Waals surface area contributed by atoms with Crippen LogP contribution in [0.4, 0.5) is 0 Å². The molecule has 0 aliphatic heterocycles. The molecule has 1 rings (SSSR count). The van der Waals surface area contributed by atoms with Crippen LogP contribution in [0.15, 0.2) is 27.6 Å². The first-order valence-corrected chi connectivity index (χ1v) is 8.54. The summed E-state index contributed by atoms with van der Waals surface area (Å²) in [6.45, 7) is 3.46. The molecular weight excluding hydrogens is 346 g/mol. The van der Waals surface area contributed by atoms with Crippen molar-refractivity contribution in [3.8, 4) is 0 Å². The predicted octanol–water partition coefficient (Wildman–Crippen LogP) is 2.54. The average molecular weight is 364 g/mol. The van der Waals surface area contributed by atoms with Gasteiger partial charge in [-0.05, 0) is 31.0 Å². The fourth-order valence-electron chi connectivity index (χ4n) is 1.81. The average Bonchev–Trinajstić information content (AvgIpc) is 2.37. The summed E-state index contributed by atoms with van der Waals surface area (Å²) in [5.41, 5.74) is 0.614. The van der Waals surface area contributed by atoms with E-state index >= 15 is 0 Å². The molecule has 0 aliphatic rings. The van der Waals surface area contributed by atoms with E-state index in [1.807, 2.05) is 6.92 Å². The van der Waals surface area contributed by atoms with E-state index in [1.165, 1.54) is 6.07 Å². The Morgan fingerprint density at radius 3 is 2.65 bits per heavy atom. The monoisotopic (exact) mass is 363 g/mol. The molecule has 0 saturated heterocycles. The van der Waals surface area contributed by atoms with Crippen LogP contribution in [-0.4, -0.2) is 26.0 Å². The number of carboxylic acid groups (broad SMARTS) is 1. The minimum absolute atomic E-state index is 0.0997. The van der Waals surface area contributed by atoms with Crippen LogP contribution in [-0.2, 0) is 14.8 Å². The molecule has 20 heavy (non-hydrogen) atoms. The molecule has 112 valence electrons. The van der Waals surface area contributed by atoms with E-state index in [-0.39, 0.29) is 11.4 Å². The minimum Gasteiger partial charge on any atom is -0.481 e. The quantitative estimate of drug-likeness (QED) is 0.779. The molecule has 1 unspecified atom stereocenters. The number of halogens is 1. The largest absolute Gasteiger partial charge is 0.481 e. The second-order valence-corrected chi connectivity index (χ2v) is 7.24. The van der Waals surface area contributed by atoms with E-state index in [4.69, 9.17) is 5.11 Å². The normalized spacial score (nSPS) is 13.2. The third-order valence-corrected chi connectivity index (χ3v) is 5.00. The molecule has 0 saturated carbocycles. The predicted molar refractivity (Wildman–Crippen MR) is 80.1 cm³/mol. The SMILES string of the molecule is CCCC(CNS(=O)(=O)c1cc(Br)ccc1C)C(=O)O. The fraction of sp³-hybridized carbons (Fsp3) is 0.462. The van der Waals surface area contributed by atoms with Gasteiger partial charge in [0, 0.05) is 11.0 Å². The summed E-state index contributed by atoms with van der Waals surface area (Å²) in [6.07, 6.45) is 1.13. The zero-order valence-electron chi connectivity index (χ0n) is 11.4. The molecule has 7 heteroatoms. The lowest BCUT2D eigenvalue weighted by molar-refractivity contribution is -0.141. The Balaban J connectivity index is 2.89. The molecule has 0 amide bonds. The number of hydrogen-bond acceptors (Lipinski definition) is 3. The third kappa shape index (κ3) is 4.57. The third-order valence-electron chi connectivity index (χ3n) is 2.95. The number of nitrogens with one attached hydrogen (secondary N) is 1. The zero-order valence-corrected chi connectivity index (χ0v) is 13.8. The van der Waals surface area contributed by atoms with Crippen LogP contribution in [0, 0.1) is 12.8 Å². The van der Waals surface area contributed by atoms with Crippen LogP contribution in [0.5, 0.6) is 0 Å². The topological polar surface area (TPSA) is 83.5 Å². The molecule has 0 radical (unpaired) electrons. The number of carbonyl (C=O) groups is 1. The van der Waals surface area contributed by atoms with Crippen LogP contribution >= 0.6 is 15.9 Å². The summed E-state index contributed by atoms with van der Waals surface area (Å²) in [5, 5.41) is 9.03. The summed E-state index contributed by atoms with van der Waals surface area (Å²) in [4.78, 5) is 11.2. The Hall–Kier alpha value is -0.920. The van der Waals surface area contributed by atoms with Crippen molar-refractivity contribution in [1.29, 1.82) is 0 Å². The number of aryl methyl sites for hydroxylation is 1. The highest BCUT2D eigenvalue weighted by molar-refractivity contribution is 9.10. The molecule has 1 atom stereocenters. The molecule has 2 N–H and O–H groups in total. The summed E-state index contributed by atoms with van der Waals surface area (Å²) in [5.74, 6) is -1.69. The van der Waals surface area contributed by atoms with Gasteiger partial charge in [-0.1, -0.05) is 35.3 Å². The van der Waals surface area contributed by atoms with Crippen molar-refractivity contribution >= 4 is 31.9 Å². The fourth-order valence-corrected chi connectivity index (χ4v) is 3.68. The summed E-state index contributed by atoms with van der Waals surface area (Å²) < 4.78 is 27.5. The summed E-state index contributed by atoms with van der Waals surface area (Å²) in [6, 6.07) is 4.96. The van der Waals surface area contributed by atoms with Gasteiger partial charge in [0.15, 0.2) is 0 Å². The van der Waals surface area contributed by atoms with Crippen molar-refractivity contribution in [3.63, 3.8) is 0 Å². The van der Waals surface area contributed by atoms with Gasteiger partial charge in [-0.15, -0.1) is 0 Å². The zero-order chi connectivity index (χ0) is 15.3. The number of hydrogen-bond donors (Lipinski definition) is 2. The first-order chi connectivity index (χ1) is 9.27. The van der Waals surface area contributed by atoms with E-state index in [9.17, 15) is 13.2 Å². The molecule has 1 aromatic rings. The highest BCUT2D eigenvalue weighted by atomic mass is 79.9. The smallest absolute Gasteiger partial charge is 0.307 e. The van der Waals surface area contributed by atoms with Gasteiger partial charge < -0.3 is 5.11 Å². The molecule has 1 aromatic carbocycles. The van der Waals surface area contributed by atoms with Crippen LogP contribution in [0.3, 0.4) is 0 Å². The Bertz CT molecular complexity index is 586. The van der Waals surface area contributed by atoms with E-state index in [0.29, 0.717) is 22.9 Å². The van der Waals surface area contributed by atoms with Gasteiger partial charge in [-0.2, -0.15) is 0 Å². The maximum atomic E-state index is 12.2. The van der Waals surface area contributed by atoms with Crippen molar-refractivity contribution in [2.45, 2.75) is 31.6 Å². The first kappa shape index (κ1) is 17.1. The lowest BCUT2D eigenvalue weighted by atomic mass is 10.1. The number of benzene rings is 1. The molecule has 0 aromatic heterocycles. The van der Waals surface area contributed by atoms with Crippen molar-refractivity contribution in [3.05, 3.63) is 28.2 Å². The second-order valence-electron chi connectivity index (χ2n) is 4.59. The van der Waals surface area contributed by atoms with Gasteiger partial charge in [0.05, 0.1) is 10.8 Å². The molecule has 0 aliphatic carbocycles. The molecule has 0 heterocycles. The summed E-state index contributed by atoms with van der Waals surface area (Å²) in [7, 11) is -3.70. The Morgan fingerprint density at radius 1 is 1.45 bits per heavy atom. The van der Waals surface area contributed by atoms with Gasteiger partial charge in [0.1, 0.15) is 0 Å². The van der Waals surface area contributed by atoms with Crippen molar-refractivity contribution in [2.75, 3.05) is 6.54 Å². The molecular formula is C13H18BrNO4S. The van der Waals surface area contributed by atoms with Gasteiger partial charge in [0.25, 0.3) is 0 Å². The maximum absolute atomic E-state index is 12.2. The van der Waals surface area contributed by atoms with Crippen LogP contribution < -0.4 is 4.72 Å². The van der Waals surface area contributed by atoms with Crippen molar-refractivity contribution in [2.24, 2.45) is 5.92 Å². The molecule has 0 spiro atoms. The molecule has 5 nitrogen and oxygen atoms in total. The van der Waals surface area contributed by atoms with E-state index < -0.39 is 21.9 Å². The van der Waals surface area contributed by atoms with Crippen LogP contribution in [0.25, 0.3) is 0 Å². The Kier molecular flexibility index (Phi) is 6.16. The van der Waals surface area contributed by atoms with Gasteiger partial charge in [-0.3, -0.25) is 4.79 Å². The Labute approximate surface area is 127 Å². The highest BCUT2D eigenvalue weighted by Gasteiger charge is 2.22. The number of carboxylic acids is 1. The molecule has 0 bridgehead atoms. The Morgan fingerprint density at radius 2 is 2.10 bits per heavy atom. The standard InChI is InChI=1S/C13H18BrNO4S/c1-3-4-10(13(16)17)8-15-20(18,19)12-7-11(14)6-5-9(12)2/h5-7,10,15H,3-4,8H2,1-2H3,(H,16,17). The number of sulfonamides is 1. The van der Waals surface area contributed by atoms with Crippen LogP contribution in [0.1, 0.15) is 25.3 Å². The summed E-state index contributed by atoms with van der Waals surface area (Å²) >= 11 is 3.23. The second kappa shape index (κ2) is 7.19. The van der Waals surface area contributed by atoms with Gasteiger partial charge in [-0.25, -0.2) is 13.1 Å². The van der Waals surface area contributed by atoms with Gasteiger partial charge in [0.2, 0.25) is 10.0 Å². The highest BCUT2D eigenvalue weighted by Crippen LogP contribution is 2.20. The lowest BCUT2D eigenvalue weighted by Gasteiger charge is -2.14. The van der Waals surface area contributed by atoms with Gasteiger partial charge >= 0.3 is 5.97 Å². The molecule has 0 fully saturated rings. The van der Waals surface area contributed by atoms with E-state index in [0.717, 1.165) is 0 Å². The number of aliphatic carboxylic acids is 1. The van der Waals surface area contributed by atoms with Crippen molar-refractivity contribution in [1.82, 2.24) is 4.72 Å². The maximum Gasteiger partial charge on any atom is 0.307 e. The first-order valence-electron chi connectivity index (χ1n) is 6.26. The van der Waals surface area contributed by atoms with Crippen molar-refractivity contribution < 1.29 is 18.3 Å². The van der Waals surface area contributed by atoms with E-state index in [2.05, 4.69) is 20.7 Å². The minimum atomic E-state index is -3.70.